The summed E-state index contributed by atoms with van der Waals surface area (Å²) in [6.45, 7) is 2.10. The summed E-state index contributed by atoms with van der Waals surface area (Å²) in [7, 11) is 0. The smallest absolute Gasteiger partial charge is 0.298 e. The van der Waals surface area contributed by atoms with Gasteiger partial charge in [0.1, 0.15) is 5.82 Å². The first-order valence-electron chi connectivity index (χ1n) is 6.16. The van der Waals surface area contributed by atoms with E-state index in [1.54, 1.807) is 0 Å². The van der Waals surface area contributed by atoms with Crippen LogP contribution in [0.5, 0.6) is 10.9 Å². The molecule has 0 amide bonds. The van der Waals surface area contributed by atoms with Crippen LogP contribution in [0.4, 0.5) is 5.69 Å². The number of hydrogen-bond acceptors (Lipinski definition) is 5. The molecule has 2 aromatic rings. The Balaban J connectivity index is 1.78. The maximum Gasteiger partial charge on any atom is 0.298 e. The molecule has 0 bridgehead atoms. The number of nitrogens with zero attached hydrogens (tertiary/aromatic N) is 2. The number of benzene rings is 1. The van der Waals surface area contributed by atoms with Crippen molar-refractivity contribution in [2.75, 3.05) is 5.73 Å². The van der Waals surface area contributed by atoms with Crippen molar-refractivity contribution in [3.63, 3.8) is 0 Å². The first kappa shape index (κ1) is 11.5. The number of rotatable bonds is 4. The minimum Gasteiger partial charge on any atom is -0.428 e. The Bertz CT molecular complexity index is 563. The van der Waals surface area contributed by atoms with Crippen LogP contribution in [0.25, 0.3) is 0 Å². The Labute approximate surface area is 110 Å². The fourth-order valence-corrected chi connectivity index (χ4v) is 2.40. The summed E-state index contributed by atoms with van der Waals surface area (Å²) < 4.78 is 9.99. The van der Waals surface area contributed by atoms with Gasteiger partial charge in [0.2, 0.25) is 0 Å². The lowest BCUT2D eigenvalue weighted by Crippen LogP contribution is -1.93. The molecule has 4 nitrogen and oxygen atoms in total. The van der Waals surface area contributed by atoms with Crippen LogP contribution in [-0.2, 0) is 6.42 Å². The lowest BCUT2D eigenvalue weighted by atomic mass is 10.1. The molecule has 3 rings (SSSR count). The van der Waals surface area contributed by atoms with Crippen LogP contribution in [0.1, 0.15) is 37.1 Å². The van der Waals surface area contributed by atoms with Crippen LogP contribution in [0.3, 0.4) is 0 Å². The van der Waals surface area contributed by atoms with Crippen molar-refractivity contribution in [2.24, 2.45) is 0 Å². The SMILES string of the molecule is CCc1ccc(Oc2nc(C3CC3)ns2)c(N)c1. The van der Waals surface area contributed by atoms with Crippen LogP contribution in [-0.4, -0.2) is 9.36 Å². The van der Waals surface area contributed by atoms with Gasteiger partial charge in [0.25, 0.3) is 5.19 Å². The van der Waals surface area contributed by atoms with Crippen LogP contribution in [0, 0.1) is 0 Å². The number of nitrogen functional groups attached to an aromatic ring is 1. The monoisotopic (exact) mass is 261 g/mol. The molecule has 1 aromatic heterocycles. The third kappa shape index (κ3) is 2.31. The van der Waals surface area contributed by atoms with E-state index in [1.165, 1.54) is 29.9 Å². The molecule has 0 unspecified atom stereocenters. The molecule has 0 radical (unpaired) electrons. The maximum absolute atomic E-state index is 5.96. The fourth-order valence-electron chi connectivity index (χ4n) is 1.77. The Morgan fingerprint density at radius 2 is 2.28 bits per heavy atom. The number of aromatic nitrogens is 2. The Hall–Kier alpha value is -1.62. The Kier molecular flexibility index (Phi) is 2.91. The molecule has 0 saturated heterocycles. The molecule has 94 valence electrons. The maximum atomic E-state index is 5.96. The predicted molar refractivity (Wildman–Crippen MR) is 72.2 cm³/mol. The van der Waals surface area contributed by atoms with E-state index < -0.39 is 0 Å². The van der Waals surface area contributed by atoms with Gasteiger partial charge in [-0.15, -0.1) is 0 Å². The predicted octanol–water partition coefficient (Wildman–Crippen LogP) is 3.35. The second-order valence-electron chi connectivity index (χ2n) is 4.52. The van der Waals surface area contributed by atoms with Crippen molar-refractivity contribution in [1.82, 2.24) is 9.36 Å². The topological polar surface area (TPSA) is 61.0 Å². The second kappa shape index (κ2) is 4.57. The van der Waals surface area contributed by atoms with E-state index in [1.807, 2.05) is 18.2 Å². The molecule has 0 atom stereocenters. The third-order valence-electron chi connectivity index (χ3n) is 3.05. The summed E-state index contributed by atoms with van der Waals surface area (Å²) in [6.07, 6.45) is 3.36. The summed E-state index contributed by atoms with van der Waals surface area (Å²) in [5.41, 5.74) is 7.81. The van der Waals surface area contributed by atoms with Gasteiger partial charge < -0.3 is 10.5 Å². The lowest BCUT2D eigenvalue weighted by Gasteiger charge is -2.06. The minimum absolute atomic E-state index is 0.554. The zero-order chi connectivity index (χ0) is 12.5. The van der Waals surface area contributed by atoms with Gasteiger partial charge in [-0.05, 0) is 37.0 Å². The van der Waals surface area contributed by atoms with Gasteiger partial charge in [-0.3, -0.25) is 0 Å². The summed E-state index contributed by atoms with van der Waals surface area (Å²) >= 11 is 1.29. The molecule has 18 heavy (non-hydrogen) atoms. The number of aryl methyl sites for hydroxylation is 1. The number of nitrogens with two attached hydrogens (primary N) is 1. The van der Waals surface area contributed by atoms with Gasteiger partial charge in [0, 0.05) is 17.5 Å². The molecule has 5 heteroatoms. The molecule has 1 aliphatic carbocycles. The van der Waals surface area contributed by atoms with E-state index in [9.17, 15) is 0 Å². The first-order valence-corrected chi connectivity index (χ1v) is 6.93. The van der Waals surface area contributed by atoms with E-state index in [2.05, 4.69) is 16.3 Å². The van der Waals surface area contributed by atoms with Gasteiger partial charge >= 0.3 is 0 Å². The van der Waals surface area contributed by atoms with Gasteiger partial charge in [-0.1, -0.05) is 13.0 Å². The molecule has 2 N–H and O–H groups in total. The highest BCUT2D eigenvalue weighted by Crippen LogP contribution is 2.40. The van der Waals surface area contributed by atoms with E-state index in [0.717, 1.165) is 12.2 Å². The lowest BCUT2D eigenvalue weighted by molar-refractivity contribution is 0.479. The summed E-state index contributed by atoms with van der Waals surface area (Å²) in [4.78, 5) is 4.38. The molecule has 1 saturated carbocycles. The Morgan fingerprint density at radius 3 is 2.94 bits per heavy atom. The molecule has 1 aromatic carbocycles. The van der Waals surface area contributed by atoms with Crippen molar-refractivity contribution in [3.05, 3.63) is 29.6 Å². The average molecular weight is 261 g/mol. The minimum atomic E-state index is 0.554. The zero-order valence-corrected chi connectivity index (χ0v) is 11.0. The molecule has 0 aliphatic heterocycles. The van der Waals surface area contributed by atoms with E-state index in [4.69, 9.17) is 10.5 Å². The van der Waals surface area contributed by atoms with Crippen molar-refractivity contribution in [2.45, 2.75) is 32.1 Å². The van der Waals surface area contributed by atoms with Crippen molar-refractivity contribution < 1.29 is 4.74 Å². The van der Waals surface area contributed by atoms with Gasteiger partial charge in [-0.2, -0.15) is 9.36 Å². The van der Waals surface area contributed by atoms with Crippen molar-refractivity contribution >= 4 is 17.2 Å². The molecule has 0 spiro atoms. The molecular weight excluding hydrogens is 246 g/mol. The van der Waals surface area contributed by atoms with Crippen LogP contribution < -0.4 is 10.5 Å². The van der Waals surface area contributed by atoms with Gasteiger partial charge in [-0.25, -0.2) is 0 Å². The second-order valence-corrected chi connectivity index (χ2v) is 5.23. The van der Waals surface area contributed by atoms with E-state index in [-0.39, 0.29) is 0 Å². The van der Waals surface area contributed by atoms with E-state index in [0.29, 0.717) is 22.5 Å². The summed E-state index contributed by atoms with van der Waals surface area (Å²) in [5.74, 6) is 2.13. The highest BCUT2D eigenvalue weighted by molar-refractivity contribution is 7.07. The molecule has 1 heterocycles. The molecular formula is C13H15N3OS. The van der Waals surface area contributed by atoms with Crippen molar-refractivity contribution in [3.8, 4) is 10.9 Å². The number of anilines is 1. The molecule has 1 fully saturated rings. The normalized spacial score (nSPS) is 14.7. The zero-order valence-electron chi connectivity index (χ0n) is 10.2. The first-order chi connectivity index (χ1) is 8.76. The summed E-state index contributed by atoms with van der Waals surface area (Å²) in [6, 6.07) is 5.86. The highest BCUT2D eigenvalue weighted by atomic mass is 32.1. The summed E-state index contributed by atoms with van der Waals surface area (Å²) in [5, 5.41) is 0.577. The Morgan fingerprint density at radius 1 is 1.44 bits per heavy atom. The number of ether oxygens (including phenoxy) is 1. The quantitative estimate of drug-likeness (QED) is 0.857. The van der Waals surface area contributed by atoms with Crippen LogP contribution >= 0.6 is 11.5 Å². The average Bonchev–Trinajstić information content (AvgIpc) is 3.13. The van der Waals surface area contributed by atoms with E-state index >= 15 is 0 Å². The number of hydrogen-bond donors (Lipinski definition) is 1. The van der Waals surface area contributed by atoms with Crippen LogP contribution in [0.2, 0.25) is 0 Å². The van der Waals surface area contributed by atoms with Crippen LogP contribution in [0.15, 0.2) is 18.2 Å². The molecule has 1 aliphatic rings. The highest BCUT2D eigenvalue weighted by Gasteiger charge is 2.28. The van der Waals surface area contributed by atoms with Gasteiger partial charge in [0.15, 0.2) is 5.75 Å². The van der Waals surface area contributed by atoms with Crippen molar-refractivity contribution in [1.29, 1.82) is 0 Å². The fraction of sp³-hybridized carbons (Fsp3) is 0.385. The largest absolute Gasteiger partial charge is 0.428 e. The van der Waals surface area contributed by atoms with Gasteiger partial charge in [0.05, 0.1) is 5.69 Å². The standard InChI is InChI=1S/C13H15N3OS/c1-2-8-3-6-11(10(14)7-8)17-13-15-12(16-18-13)9-4-5-9/h3,6-7,9H,2,4-5,14H2,1H3. The third-order valence-corrected chi connectivity index (χ3v) is 3.65.